The Bertz CT molecular complexity index is 394. The lowest BCUT2D eigenvalue weighted by molar-refractivity contribution is -0.142. The van der Waals surface area contributed by atoms with Crippen LogP contribution in [-0.4, -0.2) is 33.9 Å². The van der Waals surface area contributed by atoms with Crippen LogP contribution in [0.3, 0.4) is 0 Å². The van der Waals surface area contributed by atoms with E-state index in [0.29, 0.717) is 31.6 Å². The summed E-state index contributed by atoms with van der Waals surface area (Å²) >= 11 is 0. The van der Waals surface area contributed by atoms with Crippen LogP contribution in [0.5, 0.6) is 0 Å². The predicted octanol–water partition coefficient (Wildman–Crippen LogP) is 0.303. The van der Waals surface area contributed by atoms with Crippen LogP contribution in [0.25, 0.3) is 0 Å². The Hall–Kier alpha value is -1.72. The molecule has 16 heavy (non-hydrogen) atoms. The number of aromatic nitrogens is 2. The molecule has 0 aliphatic carbocycles. The summed E-state index contributed by atoms with van der Waals surface area (Å²) in [4.78, 5) is 12.9. The maximum atomic E-state index is 10.8. The van der Waals surface area contributed by atoms with E-state index in [4.69, 9.17) is 10.8 Å². The molecule has 2 heterocycles. The maximum Gasteiger partial charge on any atom is 0.306 e. The van der Waals surface area contributed by atoms with Crippen LogP contribution in [-0.2, 0) is 11.8 Å². The number of nitrogens with two attached hydrogens (primary N) is 1. The smallest absolute Gasteiger partial charge is 0.306 e. The third kappa shape index (κ3) is 1.95. The van der Waals surface area contributed by atoms with Crippen molar-refractivity contribution < 1.29 is 9.90 Å². The van der Waals surface area contributed by atoms with Gasteiger partial charge in [0, 0.05) is 26.3 Å². The molecule has 6 nitrogen and oxygen atoms in total. The SMILES string of the molecule is Cn1cc(N)c(N2CCC(C(=O)O)CC2)n1. The number of anilines is 2. The van der Waals surface area contributed by atoms with Crippen molar-refractivity contribution in [1.82, 2.24) is 9.78 Å². The first-order valence-electron chi connectivity index (χ1n) is 5.35. The summed E-state index contributed by atoms with van der Waals surface area (Å²) in [5.74, 6) is -0.152. The zero-order chi connectivity index (χ0) is 11.7. The highest BCUT2D eigenvalue weighted by molar-refractivity contribution is 5.71. The number of rotatable bonds is 2. The van der Waals surface area contributed by atoms with Gasteiger partial charge in [-0.25, -0.2) is 0 Å². The number of aliphatic carboxylic acids is 1. The second-order valence-electron chi connectivity index (χ2n) is 4.18. The monoisotopic (exact) mass is 224 g/mol. The van der Waals surface area contributed by atoms with Gasteiger partial charge in [-0.15, -0.1) is 0 Å². The summed E-state index contributed by atoms with van der Waals surface area (Å²) in [7, 11) is 1.82. The molecule has 1 aliphatic heterocycles. The molecule has 0 radical (unpaired) electrons. The molecule has 0 spiro atoms. The molecule has 1 fully saturated rings. The Kier molecular flexibility index (Phi) is 2.72. The molecule has 1 aromatic heterocycles. The van der Waals surface area contributed by atoms with Crippen molar-refractivity contribution in [3.63, 3.8) is 0 Å². The molecule has 0 bridgehead atoms. The minimum Gasteiger partial charge on any atom is -0.481 e. The maximum absolute atomic E-state index is 10.8. The van der Waals surface area contributed by atoms with Gasteiger partial charge >= 0.3 is 5.97 Å². The third-order valence-electron chi connectivity index (χ3n) is 2.98. The van der Waals surface area contributed by atoms with E-state index in [2.05, 4.69) is 10.00 Å². The van der Waals surface area contributed by atoms with Crippen molar-refractivity contribution in [1.29, 1.82) is 0 Å². The Labute approximate surface area is 93.6 Å². The van der Waals surface area contributed by atoms with Crippen LogP contribution in [0, 0.1) is 5.92 Å². The molecule has 2 rings (SSSR count). The van der Waals surface area contributed by atoms with E-state index in [9.17, 15) is 4.79 Å². The lowest BCUT2D eigenvalue weighted by atomic mass is 9.97. The molecule has 0 unspecified atom stereocenters. The Morgan fingerprint density at radius 1 is 1.56 bits per heavy atom. The molecule has 0 amide bonds. The van der Waals surface area contributed by atoms with E-state index in [-0.39, 0.29) is 5.92 Å². The van der Waals surface area contributed by atoms with Crippen molar-refractivity contribution in [2.45, 2.75) is 12.8 Å². The molecule has 1 aliphatic rings. The number of carboxylic acids is 1. The molecular formula is C10H16N4O2. The predicted molar refractivity (Wildman–Crippen MR) is 60.2 cm³/mol. The molecule has 88 valence electrons. The van der Waals surface area contributed by atoms with Gasteiger partial charge in [-0.3, -0.25) is 9.48 Å². The van der Waals surface area contributed by atoms with Gasteiger partial charge in [-0.05, 0) is 12.8 Å². The topological polar surface area (TPSA) is 84.4 Å². The fraction of sp³-hybridized carbons (Fsp3) is 0.600. The van der Waals surface area contributed by atoms with Gasteiger partial charge < -0.3 is 15.7 Å². The highest BCUT2D eigenvalue weighted by Gasteiger charge is 2.26. The van der Waals surface area contributed by atoms with Crippen molar-refractivity contribution in [3.05, 3.63) is 6.20 Å². The van der Waals surface area contributed by atoms with Gasteiger partial charge in [0.1, 0.15) is 0 Å². The minimum absolute atomic E-state index is 0.221. The van der Waals surface area contributed by atoms with Crippen LogP contribution in [0.1, 0.15) is 12.8 Å². The first kappa shape index (κ1) is 10.8. The summed E-state index contributed by atoms with van der Waals surface area (Å²) < 4.78 is 1.67. The second-order valence-corrected chi connectivity index (χ2v) is 4.18. The fourth-order valence-corrected chi connectivity index (χ4v) is 2.08. The van der Waals surface area contributed by atoms with Crippen LogP contribution in [0.4, 0.5) is 11.5 Å². The zero-order valence-corrected chi connectivity index (χ0v) is 9.26. The molecule has 3 N–H and O–H groups in total. The number of hydrogen-bond donors (Lipinski definition) is 2. The van der Waals surface area contributed by atoms with Gasteiger partial charge in [0.2, 0.25) is 0 Å². The molecule has 0 atom stereocenters. The summed E-state index contributed by atoms with van der Waals surface area (Å²) in [6.07, 6.45) is 3.08. The Morgan fingerprint density at radius 3 is 2.62 bits per heavy atom. The lowest BCUT2D eigenvalue weighted by Gasteiger charge is -2.30. The van der Waals surface area contributed by atoms with E-state index in [1.807, 2.05) is 7.05 Å². The average Bonchev–Trinajstić information content (AvgIpc) is 2.58. The van der Waals surface area contributed by atoms with Crippen molar-refractivity contribution in [2.24, 2.45) is 13.0 Å². The summed E-state index contributed by atoms with van der Waals surface area (Å²) in [5.41, 5.74) is 6.47. The van der Waals surface area contributed by atoms with E-state index < -0.39 is 5.97 Å². The highest BCUT2D eigenvalue weighted by atomic mass is 16.4. The van der Waals surface area contributed by atoms with Gasteiger partial charge in [-0.1, -0.05) is 0 Å². The number of hydrogen-bond acceptors (Lipinski definition) is 4. The number of nitrogens with zero attached hydrogens (tertiary/aromatic N) is 3. The van der Waals surface area contributed by atoms with Gasteiger partial charge in [0.25, 0.3) is 0 Å². The molecular weight excluding hydrogens is 208 g/mol. The van der Waals surface area contributed by atoms with Crippen LogP contribution in [0.2, 0.25) is 0 Å². The van der Waals surface area contributed by atoms with E-state index in [1.54, 1.807) is 10.9 Å². The van der Waals surface area contributed by atoms with Crippen LogP contribution in [0.15, 0.2) is 6.20 Å². The fourth-order valence-electron chi connectivity index (χ4n) is 2.08. The van der Waals surface area contributed by atoms with Crippen molar-refractivity contribution >= 4 is 17.5 Å². The quantitative estimate of drug-likeness (QED) is 0.755. The second kappa shape index (κ2) is 4.03. The van der Waals surface area contributed by atoms with Gasteiger partial charge in [0.15, 0.2) is 5.82 Å². The van der Waals surface area contributed by atoms with Crippen LogP contribution < -0.4 is 10.6 Å². The number of nitrogen functional groups attached to an aromatic ring is 1. The first-order chi connectivity index (χ1) is 7.58. The first-order valence-corrected chi connectivity index (χ1v) is 5.35. The van der Waals surface area contributed by atoms with E-state index in [0.717, 1.165) is 5.82 Å². The third-order valence-corrected chi connectivity index (χ3v) is 2.98. The van der Waals surface area contributed by atoms with Gasteiger partial charge in [0.05, 0.1) is 11.6 Å². The zero-order valence-electron chi connectivity index (χ0n) is 9.26. The van der Waals surface area contributed by atoms with E-state index >= 15 is 0 Å². The summed E-state index contributed by atoms with van der Waals surface area (Å²) in [5, 5.41) is 13.2. The molecule has 1 aromatic rings. The molecule has 0 saturated carbocycles. The number of carbonyl (C=O) groups is 1. The normalized spacial score (nSPS) is 17.7. The minimum atomic E-state index is -0.700. The van der Waals surface area contributed by atoms with Crippen molar-refractivity contribution in [2.75, 3.05) is 23.7 Å². The Morgan fingerprint density at radius 2 is 2.19 bits per heavy atom. The molecule has 1 saturated heterocycles. The van der Waals surface area contributed by atoms with E-state index in [1.165, 1.54) is 0 Å². The van der Waals surface area contributed by atoms with Gasteiger partial charge in [-0.2, -0.15) is 5.10 Å². The number of piperidine rings is 1. The standard InChI is InChI=1S/C10H16N4O2/c1-13-6-8(11)9(12-13)14-4-2-7(3-5-14)10(15)16/h6-7H,2-5,11H2,1H3,(H,15,16). The molecule has 6 heteroatoms. The number of carboxylic acid groups (broad SMARTS) is 1. The lowest BCUT2D eigenvalue weighted by Crippen LogP contribution is -2.36. The van der Waals surface area contributed by atoms with Crippen LogP contribution >= 0.6 is 0 Å². The largest absolute Gasteiger partial charge is 0.481 e. The average molecular weight is 224 g/mol. The summed E-state index contributed by atoms with van der Waals surface area (Å²) in [6, 6.07) is 0. The highest BCUT2D eigenvalue weighted by Crippen LogP contribution is 2.26. The summed E-state index contributed by atoms with van der Waals surface area (Å²) in [6.45, 7) is 1.41. The molecule has 0 aromatic carbocycles. The number of aryl methyl sites for hydroxylation is 1. The van der Waals surface area contributed by atoms with Crippen molar-refractivity contribution in [3.8, 4) is 0 Å². The Balaban J connectivity index is 2.04.